The van der Waals surface area contributed by atoms with Crippen molar-refractivity contribution >= 4 is 52.9 Å². The molecule has 4 amide bonds. The molecule has 21 nitrogen and oxygen atoms in total. The van der Waals surface area contributed by atoms with Crippen molar-refractivity contribution in [3.8, 4) is 23.0 Å². The van der Waals surface area contributed by atoms with Crippen molar-refractivity contribution in [1.82, 2.24) is 21.3 Å². The third-order valence-corrected chi connectivity index (χ3v) is 9.06. The molecular formula is C46H58N10O11. The van der Waals surface area contributed by atoms with E-state index >= 15 is 0 Å². The van der Waals surface area contributed by atoms with E-state index in [1.54, 1.807) is 97.1 Å². The Balaban J connectivity index is 0.913. The maximum Gasteiger partial charge on any atom is 0.343 e. The molecule has 4 rings (SSSR count). The molecule has 13 N–H and O–H groups in total. The number of amides is 4. The Morgan fingerprint density at radius 3 is 1.18 bits per heavy atom. The fourth-order valence-corrected chi connectivity index (χ4v) is 5.80. The van der Waals surface area contributed by atoms with Crippen LogP contribution in [0.4, 0.5) is 11.4 Å². The largest absolute Gasteiger partial charge is 0.492 e. The topological polar surface area (TPSA) is 323 Å². The van der Waals surface area contributed by atoms with Crippen LogP contribution in [0.15, 0.2) is 97.1 Å². The lowest BCUT2D eigenvalue weighted by molar-refractivity contribution is -0.124. The molecule has 0 aromatic heterocycles. The summed E-state index contributed by atoms with van der Waals surface area (Å²) >= 11 is 0. The van der Waals surface area contributed by atoms with Crippen LogP contribution in [0.25, 0.3) is 0 Å². The molecule has 4 aromatic rings. The number of benzene rings is 4. The molecule has 0 saturated heterocycles. The van der Waals surface area contributed by atoms with E-state index in [0.717, 1.165) is 0 Å². The monoisotopic (exact) mass is 926 g/mol. The molecule has 0 aliphatic carbocycles. The second kappa shape index (κ2) is 28.9. The van der Waals surface area contributed by atoms with Crippen LogP contribution >= 0.6 is 0 Å². The Morgan fingerprint density at radius 2 is 0.821 bits per heavy atom. The molecule has 0 spiro atoms. The first-order chi connectivity index (χ1) is 32.3. The summed E-state index contributed by atoms with van der Waals surface area (Å²) in [7, 11) is 0. The first-order valence-corrected chi connectivity index (χ1v) is 21.5. The summed E-state index contributed by atoms with van der Waals surface area (Å²) in [6.07, 6.45) is 0.687. The van der Waals surface area contributed by atoms with Crippen LogP contribution in [0, 0.1) is 5.41 Å². The van der Waals surface area contributed by atoms with Crippen molar-refractivity contribution in [3.05, 3.63) is 108 Å². The van der Waals surface area contributed by atoms with Gasteiger partial charge in [0.15, 0.2) is 5.96 Å². The minimum absolute atomic E-state index is 0.166. The fourth-order valence-electron chi connectivity index (χ4n) is 5.80. The molecule has 0 unspecified atom stereocenters. The minimum Gasteiger partial charge on any atom is -0.492 e. The van der Waals surface area contributed by atoms with Crippen LogP contribution in [-0.2, 0) is 23.9 Å². The third-order valence-electron chi connectivity index (χ3n) is 9.06. The Morgan fingerprint density at radius 1 is 0.478 bits per heavy atom. The van der Waals surface area contributed by atoms with Gasteiger partial charge in [-0.2, -0.15) is 0 Å². The molecule has 0 saturated carbocycles. The Kier molecular flexibility index (Phi) is 22.4. The zero-order valence-corrected chi connectivity index (χ0v) is 36.9. The van der Waals surface area contributed by atoms with Gasteiger partial charge in [-0.25, -0.2) is 9.59 Å². The summed E-state index contributed by atoms with van der Waals surface area (Å²) in [5.74, 6) is -0.450. The molecule has 0 fully saturated rings. The molecule has 0 radical (unpaired) electrons. The number of rotatable bonds is 29. The number of anilines is 2. The highest BCUT2D eigenvalue weighted by molar-refractivity contribution is 5.92. The van der Waals surface area contributed by atoms with E-state index in [2.05, 4.69) is 31.9 Å². The van der Waals surface area contributed by atoms with Gasteiger partial charge in [-0.15, -0.1) is 0 Å². The average molecular weight is 927 g/mol. The van der Waals surface area contributed by atoms with E-state index in [1.165, 1.54) is 0 Å². The number of nitrogens with one attached hydrogen (secondary N) is 7. The van der Waals surface area contributed by atoms with Gasteiger partial charge in [0.1, 0.15) is 42.5 Å². The smallest absolute Gasteiger partial charge is 0.343 e. The maximum absolute atomic E-state index is 12.5. The number of hydrogen-bond acceptors (Lipinski definition) is 15. The molecule has 0 aliphatic heterocycles. The first-order valence-electron chi connectivity index (χ1n) is 21.5. The number of hydrogen-bond donors (Lipinski definition) is 10. The standard InChI is InChI=1S/C46H58N10O11/c47-45(48)55-33-11-19-37(20-12-33)66-43(61)31-7-15-35(16-8-31)64-29-25-53-41(59)5-1-3-39(57)51-23-27-63-28-24-52-40(58)4-2-6-42(60)54-26-30-65-36-17-9-32(10-18-36)44(62)67-38-21-13-34(14-22-38)56-46(49)50/h7-22,45,55H,1-6,23-30,47-48H2,(H,51,57)(H,52,58)(H,53,59)(H,54,60)(H4,49,50,56). The first kappa shape index (κ1) is 51.9. The summed E-state index contributed by atoms with van der Waals surface area (Å²) in [6, 6.07) is 25.8. The molecule has 4 aromatic carbocycles. The quantitative estimate of drug-likeness (QED) is 0.00933. The molecule has 0 atom stereocenters. The normalized spacial score (nSPS) is 10.6. The van der Waals surface area contributed by atoms with Crippen LogP contribution in [-0.4, -0.2) is 100 Å². The van der Waals surface area contributed by atoms with Crippen molar-refractivity contribution in [3.63, 3.8) is 0 Å². The highest BCUT2D eigenvalue weighted by atomic mass is 16.5. The second-order valence-corrected chi connectivity index (χ2v) is 14.5. The highest BCUT2D eigenvalue weighted by Crippen LogP contribution is 2.20. The van der Waals surface area contributed by atoms with Crippen LogP contribution < -0.4 is 68.0 Å². The van der Waals surface area contributed by atoms with E-state index in [9.17, 15) is 28.8 Å². The lowest BCUT2D eigenvalue weighted by Crippen LogP contribution is -2.38. The zero-order chi connectivity index (χ0) is 48.2. The van der Waals surface area contributed by atoms with Crippen molar-refractivity contribution in [1.29, 1.82) is 5.41 Å². The van der Waals surface area contributed by atoms with Gasteiger partial charge in [-0.3, -0.25) is 36.1 Å². The van der Waals surface area contributed by atoms with Crippen LogP contribution in [0.3, 0.4) is 0 Å². The van der Waals surface area contributed by atoms with Gasteiger partial charge in [0.2, 0.25) is 23.6 Å². The van der Waals surface area contributed by atoms with Gasteiger partial charge in [0.05, 0.1) is 37.4 Å². The van der Waals surface area contributed by atoms with E-state index in [1.807, 2.05) is 0 Å². The third kappa shape index (κ3) is 21.7. The number of guanidine groups is 1. The average Bonchev–Trinajstić information content (AvgIpc) is 3.30. The second-order valence-electron chi connectivity index (χ2n) is 14.5. The fraction of sp³-hybridized carbons (Fsp3) is 0.326. The summed E-state index contributed by atoms with van der Waals surface area (Å²) in [5, 5.41) is 23.7. The summed E-state index contributed by atoms with van der Waals surface area (Å²) < 4.78 is 27.5. The van der Waals surface area contributed by atoms with Gasteiger partial charge in [-0.1, -0.05) is 0 Å². The van der Waals surface area contributed by atoms with Crippen LogP contribution in [0.5, 0.6) is 23.0 Å². The number of ether oxygens (including phenoxy) is 5. The molecule has 67 heavy (non-hydrogen) atoms. The van der Waals surface area contributed by atoms with Crippen molar-refractivity contribution < 1.29 is 52.5 Å². The van der Waals surface area contributed by atoms with Gasteiger partial charge < -0.3 is 61.3 Å². The lowest BCUT2D eigenvalue weighted by atomic mass is 10.2. The SMILES string of the molecule is N=C(N)Nc1ccc(OC(=O)c2ccc(OCCNC(=O)CCCC(=O)NCCOCCNC(=O)CCCC(=O)NCCOc3ccc(C(=O)Oc4ccc(NC(N)N)cc4)cc3)cc2)cc1. The molecular weight excluding hydrogens is 869 g/mol. The molecule has 0 bridgehead atoms. The van der Waals surface area contributed by atoms with E-state index in [0.29, 0.717) is 58.3 Å². The molecule has 0 aliphatic rings. The minimum atomic E-state index is -0.711. The van der Waals surface area contributed by atoms with Crippen LogP contribution in [0.1, 0.15) is 59.2 Å². The van der Waals surface area contributed by atoms with E-state index < -0.39 is 18.2 Å². The van der Waals surface area contributed by atoms with Gasteiger partial charge in [0, 0.05) is 50.1 Å². The maximum atomic E-state index is 12.5. The van der Waals surface area contributed by atoms with Crippen LogP contribution in [0.2, 0.25) is 0 Å². The van der Waals surface area contributed by atoms with Crippen molar-refractivity contribution in [2.75, 3.05) is 63.2 Å². The van der Waals surface area contributed by atoms with Gasteiger partial charge in [0.25, 0.3) is 0 Å². The van der Waals surface area contributed by atoms with E-state index in [4.69, 9.17) is 46.3 Å². The summed E-state index contributed by atoms with van der Waals surface area (Å²) in [6.45, 7) is 1.96. The number of nitrogens with two attached hydrogens (primary N) is 3. The van der Waals surface area contributed by atoms with Gasteiger partial charge in [-0.05, 0) is 110 Å². The van der Waals surface area contributed by atoms with Crippen molar-refractivity contribution in [2.45, 2.75) is 44.8 Å². The predicted octanol–water partition coefficient (Wildman–Crippen LogP) is 2.32. The zero-order valence-electron chi connectivity index (χ0n) is 36.9. The number of carbonyl (C=O) groups is 6. The molecule has 358 valence electrons. The Bertz CT molecular complexity index is 2210. The van der Waals surface area contributed by atoms with E-state index in [-0.39, 0.29) is 108 Å². The Labute approximate surface area is 387 Å². The predicted molar refractivity (Wildman–Crippen MR) is 249 cm³/mol. The highest BCUT2D eigenvalue weighted by Gasteiger charge is 2.12. The number of esters is 2. The lowest BCUT2D eigenvalue weighted by Gasteiger charge is -2.11. The molecule has 21 heteroatoms. The van der Waals surface area contributed by atoms with Gasteiger partial charge >= 0.3 is 11.9 Å². The molecule has 0 heterocycles. The Hall–Kier alpha value is -7.75. The number of carbonyl (C=O) groups excluding carboxylic acids is 6. The summed E-state index contributed by atoms with van der Waals surface area (Å²) in [5.41, 5.74) is 18.2. The van der Waals surface area contributed by atoms with Crippen molar-refractivity contribution in [2.24, 2.45) is 17.2 Å². The summed E-state index contributed by atoms with van der Waals surface area (Å²) in [4.78, 5) is 73.5.